The van der Waals surface area contributed by atoms with Gasteiger partial charge in [-0.25, -0.2) is 9.50 Å². The van der Waals surface area contributed by atoms with E-state index >= 15 is 0 Å². The number of hydrogen-bond acceptors (Lipinski definition) is 4. The summed E-state index contributed by atoms with van der Waals surface area (Å²) in [6, 6.07) is 17.8. The molecule has 0 bridgehead atoms. The third kappa shape index (κ3) is 4.00. The minimum Gasteiger partial charge on any atom is -0.326 e. The molecule has 7 heteroatoms. The summed E-state index contributed by atoms with van der Waals surface area (Å²) in [7, 11) is 1.89. The number of nitrogens with one attached hydrogen (secondary N) is 1. The van der Waals surface area contributed by atoms with E-state index in [1.807, 2.05) is 85.6 Å². The summed E-state index contributed by atoms with van der Waals surface area (Å²) in [5, 5.41) is 11.6. The van der Waals surface area contributed by atoms with Gasteiger partial charge in [0.15, 0.2) is 0 Å². The average Bonchev–Trinajstić information content (AvgIpc) is 3.42. The first kappa shape index (κ1) is 19.7. The monoisotopic (exact) mass is 422 g/mol. The molecule has 32 heavy (non-hydrogen) atoms. The molecule has 0 aliphatic carbocycles. The van der Waals surface area contributed by atoms with Gasteiger partial charge in [-0.05, 0) is 30.7 Å². The van der Waals surface area contributed by atoms with E-state index in [-0.39, 0.29) is 5.91 Å². The van der Waals surface area contributed by atoms with E-state index in [1.54, 1.807) is 11.0 Å². The molecule has 0 saturated carbocycles. The number of nitrogens with zero attached hydrogens (tertiary/aromatic N) is 5. The number of benzene rings is 2. The summed E-state index contributed by atoms with van der Waals surface area (Å²) in [4.78, 5) is 16.9. The van der Waals surface area contributed by atoms with E-state index in [9.17, 15) is 4.79 Å². The van der Waals surface area contributed by atoms with Crippen molar-refractivity contribution in [3.05, 3.63) is 90.6 Å². The van der Waals surface area contributed by atoms with Crippen molar-refractivity contribution in [2.45, 2.75) is 13.3 Å². The fraction of sp³-hybridized carbons (Fsp3) is 0.120. The lowest BCUT2D eigenvalue weighted by atomic mass is 10.1. The van der Waals surface area contributed by atoms with Crippen LogP contribution in [0.2, 0.25) is 0 Å². The normalized spacial score (nSPS) is 11.1. The minimum absolute atomic E-state index is 0.0428. The first-order chi connectivity index (χ1) is 15.5. The number of rotatable bonds is 5. The molecule has 0 saturated heterocycles. The van der Waals surface area contributed by atoms with Crippen LogP contribution in [0.1, 0.15) is 11.1 Å². The molecule has 3 heterocycles. The molecule has 0 aliphatic rings. The van der Waals surface area contributed by atoms with Crippen molar-refractivity contribution >= 4 is 17.1 Å². The third-order valence-electron chi connectivity index (χ3n) is 5.37. The Morgan fingerprint density at radius 3 is 2.44 bits per heavy atom. The highest BCUT2D eigenvalue weighted by Gasteiger charge is 2.12. The first-order valence-corrected chi connectivity index (χ1v) is 10.3. The summed E-state index contributed by atoms with van der Waals surface area (Å²) >= 11 is 0. The van der Waals surface area contributed by atoms with Gasteiger partial charge in [-0.1, -0.05) is 42.0 Å². The maximum Gasteiger partial charge on any atom is 0.228 e. The molecule has 0 atom stereocenters. The number of hydrogen-bond donors (Lipinski definition) is 1. The number of aryl methyl sites for hydroxylation is 2. The highest BCUT2D eigenvalue weighted by atomic mass is 16.1. The molecule has 1 N–H and O–H groups in total. The van der Waals surface area contributed by atoms with Gasteiger partial charge >= 0.3 is 0 Å². The zero-order chi connectivity index (χ0) is 22.1. The predicted octanol–water partition coefficient (Wildman–Crippen LogP) is 4.29. The van der Waals surface area contributed by atoms with Crippen molar-refractivity contribution in [1.82, 2.24) is 24.4 Å². The van der Waals surface area contributed by atoms with Crippen LogP contribution in [-0.4, -0.2) is 30.3 Å². The van der Waals surface area contributed by atoms with Crippen LogP contribution in [0.4, 0.5) is 5.69 Å². The summed E-state index contributed by atoms with van der Waals surface area (Å²) in [6.07, 6.45) is 7.66. The average molecular weight is 422 g/mol. The number of carbonyl (C=O) groups excluding carboxylic acids is 1. The Hall–Kier alpha value is -4.26. The van der Waals surface area contributed by atoms with Gasteiger partial charge in [0.2, 0.25) is 5.91 Å². The molecule has 158 valence electrons. The quantitative estimate of drug-likeness (QED) is 0.458. The molecule has 0 unspecified atom stereocenters. The maximum absolute atomic E-state index is 12.4. The molecule has 7 nitrogen and oxygen atoms in total. The Labute approximate surface area is 185 Å². The van der Waals surface area contributed by atoms with Gasteiger partial charge < -0.3 is 5.32 Å². The second-order valence-corrected chi connectivity index (χ2v) is 7.86. The number of fused-ring (bicyclic) bond motifs is 1. The number of amides is 1. The minimum atomic E-state index is -0.0428. The smallest absolute Gasteiger partial charge is 0.228 e. The molecule has 0 radical (unpaired) electrons. The molecule has 0 aliphatic heterocycles. The Morgan fingerprint density at radius 2 is 1.72 bits per heavy atom. The highest BCUT2D eigenvalue weighted by Crippen LogP contribution is 2.28. The van der Waals surface area contributed by atoms with Gasteiger partial charge in [0.25, 0.3) is 0 Å². The van der Waals surface area contributed by atoms with Crippen molar-refractivity contribution in [3.8, 4) is 22.4 Å². The van der Waals surface area contributed by atoms with Gasteiger partial charge in [-0.2, -0.15) is 10.2 Å². The van der Waals surface area contributed by atoms with Crippen LogP contribution in [0.5, 0.6) is 0 Å². The second kappa shape index (κ2) is 8.11. The molecule has 5 rings (SSSR count). The Kier molecular flexibility index (Phi) is 4.99. The lowest BCUT2D eigenvalue weighted by Gasteiger charge is -2.08. The predicted molar refractivity (Wildman–Crippen MR) is 124 cm³/mol. The van der Waals surface area contributed by atoms with Gasteiger partial charge in [-0.3, -0.25) is 9.48 Å². The van der Waals surface area contributed by atoms with E-state index < -0.39 is 0 Å². The molecule has 3 aromatic heterocycles. The standard InChI is InChI=1S/C25H22N6O/c1-17-3-5-18(6-4-17)11-24(32)29-22-9-7-19(8-10-22)25-23-12-20(15-31(23)28-16-26-25)21-13-27-30(2)14-21/h3-10,12-16H,11H2,1-2H3,(H,29,32). The summed E-state index contributed by atoms with van der Waals surface area (Å²) < 4.78 is 3.60. The largest absolute Gasteiger partial charge is 0.326 e. The van der Waals surface area contributed by atoms with Crippen molar-refractivity contribution in [3.63, 3.8) is 0 Å². The fourth-order valence-electron chi connectivity index (χ4n) is 3.69. The van der Waals surface area contributed by atoms with Crippen LogP contribution < -0.4 is 5.32 Å². The van der Waals surface area contributed by atoms with E-state index in [4.69, 9.17) is 0 Å². The lowest BCUT2D eigenvalue weighted by Crippen LogP contribution is -2.14. The fourth-order valence-corrected chi connectivity index (χ4v) is 3.69. The molecule has 0 spiro atoms. The highest BCUT2D eigenvalue weighted by molar-refractivity contribution is 5.92. The zero-order valence-corrected chi connectivity index (χ0v) is 17.9. The van der Waals surface area contributed by atoms with Crippen LogP contribution in [0.25, 0.3) is 27.9 Å². The Bertz CT molecular complexity index is 1400. The lowest BCUT2D eigenvalue weighted by molar-refractivity contribution is -0.115. The first-order valence-electron chi connectivity index (χ1n) is 10.3. The summed E-state index contributed by atoms with van der Waals surface area (Å²) in [6.45, 7) is 2.03. The van der Waals surface area contributed by atoms with Crippen LogP contribution >= 0.6 is 0 Å². The zero-order valence-electron chi connectivity index (χ0n) is 17.9. The molecule has 0 fully saturated rings. The van der Waals surface area contributed by atoms with Crippen molar-refractivity contribution in [2.75, 3.05) is 5.32 Å². The van der Waals surface area contributed by atoms with Gasteiger partial charge in [0.1, 0.15) is 6.33 Å². The number of anilines is 1. The molecule has 2 aromatic carbocycles. The van der Waals surface area contributed by atoms with Gasteiger partial charge in [0, 0.05) is 41.8 Å². The summed E-state index contributed by atoms with van der Waals surface area (Å²) in [5.41, 5.74) is 7.66. The third-order valence-corrected chi connectivity index (χ3v) is 5.37. The van der Waals surface area contributed by atoms with E-state index in [0.29, 0.717) is 6.42 Å². The molecular weight excluding hydrogens is 400 g/mol. The van der Waals surface area contributed by atoms with E-state index in [2.05, 4.69) is 26.6 Å². The van der Waals surface area contributed by atoms with Crippen molar-refractivity contribution < 1.29 is 4.79 Å². The van der Waals surface area contributed by atoms with Crippen LogP contribution in [0.3, 0.4) is 0 Å². The van der Waals surface area contributed by atoms with Crippen molar-refractivity contribution in [2.24, 2.45) is 7.05 Å². The molecular formula is C25H22N6O. The summed E-state index contributed by atoms with van der Waals surface area (Å²) in [5.74, 6) is -0.0428. The molecule has 1 amide bonds. The van der Waals surface area contributed by atoms with E-state index in [0.717, 1.165) is 39.2 Å². The van der Waals surface area contributed by atoms with Gasteiger partial charge in [0.05, 0.1) is 23.8 Å². The Morgan fingerprint density at radius 1 is 0.938 bits per heavy atom. The number of aromatic nitrogens is 5. The SMILES string of the molecule is Cc1ccc(CC(=O)Nc2ccc(-c3ncnn4cc(-c5cnn(C)c5)cc34)cc2)cc1. The number of carbonyl (C=O) groups is 1. The maximum atomic E-state index is 12.4. The van der Waals surface area contributed by atoms with Crippen LogP contribution in [0, 0.1) is 6.92 Å². The van der Waals surface area contributed by atoms with Crippen molar-refractivity contribution in [1.29, 1.82) is 0 Å². The second-order valence-electron chi connectivity index (χ2n) is 7.86. The van der Waals surface area contributed by atoms with Gasteiger partial charge in [-0.15, -0.1) is 0 Å². The van der Waals surface area contributed by atoms with Crippen LogP contribution in [-0.2, 0) is 18.3 Å². The molecule has 5 aromatic rings. The van der Waals surface area contributed by atoms with E-state index in [1.165, 1.54) is 5.56 Å². The van der Waals surface area contributed by atoms with Crippen LogP contribution in [0.15, 0.2) is 79.5 Å². The topological polar surface area (TPSA) is 77.1 Å². The Balaban J connectivity index is 1.36.